The van der Waals surface area contributed by atoms with Crippen molar-refractivity contribution in [2.75, 3.05) is 13.2 Å². The van der Waals surface area contributed by atoms with Crippen LogP contribution in [0.1, 0.15) is 32.1 Å². The summed E-state index contributed by atoms with van der Waals surface area (Å²) in [6.45, 7) is 0.406. The first-order valence-electron chi connectivity index (χ1n) is 6.00. The molecule has 6 nitrogen and oxygen atoms in total. The van der Waals surface area contributed by atoms with Crippen LogP contribution in [0.5, 0.6) is 0 Å². The van der Waals surface area contributed by atoms with E-state index in [1.54, 1.807) is 0 Å². The van der Waals surface area contributed by atoms with Crippen molar-refractivity contribution in [2.24, 2.45) is 0 Å². The highest BCUT2D eigenvalue weighted by Gasteiger charge is 2.19. The number of piperidine rings is 1. The summed E-state index contributed by atoms with van der Waals surface area (Å²) in [7, 11) is 0. The van der Waals surface area contributed by atoms with E-state index in [1.807, 2.05) is 0 Å². The largest absolute Gasteiger partial charge is 0.480 e. The van der Waals surface area contributed by atoms with E-state index in [9.17, 15) is 9.59 Å². The molecule has 0 aliphatic carbocycles. The van der Waals surface area contributed by atoms with E-state index < -0.39 is 18.6 Å². The first kappa shape index (κ1) is 13.9. The van der Waals surface area contributed by atoms with Gasteiger partial charge in [0, 0.05) is 12.5 Å². The van der Waals surface area contributed by atoms with Crippen molar-refractivity contribution in [1.29, 1.82) is 0 Å². The quantitative estimate of drug-likeness (QED) is 0.503. The summed E-state index contributed by atoms with van der Waals surface area (Å²) in [4.78, 5) is 22.0. The molecule has 0 spiro atoms. The molecule has 0 aromatic carbocycles. The molecule has 2 unspecified atom stereocenters. The van der Waals surface area contributed by atoms with Gasteiger partial charge in [0.15, 0.2) is 0 Å². The molecule has 1 rings (SSSR count). The molecule has 1 aliphatic heterocycles. The summed E-state index contributed by atoms with van der Waals surface area (Å²) < 4.78 is 0. The molecule has 1 saturated heterocycles. The van der Waals surface area contributed by atoms with Crippen LogP contribution in [0.4, 0.5) is 0 Å². The summed E-state index contributed by atoms with van der Waals surface area (Å²) in [6.07, 6.45) is 4.42. The number of carboxylic acids is 1. The van der Waals surface area contributed by atoms with Gasteiger partial charge in [0.25, 0.3) is 0 Å². The van der Waals surface area contributed by atoms with E-state index in [4.69, 9.17) is 10.2 Å². The standard InChI is InChI=1S/C11H20N2O4/c14-7-9(11(16)17)13-10(15)5-4-8-3-1-2-6-12-8/h8-9,12,14H,1-7H2,(H,13,15)(H,16,17). The van der Waals surface area contributed by atoms with E-state index in [1.165, 1.54) is 12.8 Å². The first-order chi connectivity index (χ1) is 8.13. The van der Waals surface area contributed by atoms with Gasteiger partial charge in [-0.25, -0.2) is 4.79 Å². The molecular weight excluding hydrogens is 224 g/mol. The first-order valence-corrected chi connectivity index (χ1v) is 6.00. The number of aliphatic hydroxyl groups excluding tert-OH is 1. The van der Waals surface area contributed by atoms with Gasteiger partial charge in [0.2, 0.25) is 5.91 Å². The molecule has 98 valence electrons. The highest BCUT2D eigenvalue weighted by molar-refractivity contribution is 5.83. The predicted molar refractivity (Wildman–Crippen MR) is 61.5 cm³/mol. The molecule has 0 bridgehead atoms. The maximum absolute atomic E-state index is 11.4. The topological polar surface area (TPSA) is 98.7 Å². The van der Waals surface area contributed by atoms with Crippen molar-refractivity contribution in [3.63, 3.8) is 0 Å². The summed E-state index contributed by atoms with van der Waals surface area (Å²) in [5.41, 5.74) is 0. The number of carbonyl (C=O) groups is 2. The van der Waals surface area contributed by atoms with Crippen LogP contribution in [0.2, 0.25) is 0 Å². The lowest BCUT2D eigenvalue weighted by Crippen LogP contribution is -2.44. The van der Waals surface area contributed by atoms with Crippen molar-refractivity contribution in [1.82, 2.24) is 10.6 Å². The maximum atomic E-state index is 11.4. The maximum Gasteiger partial charge on any atom is 0.328 e. The van der Waals surface area contributed by atoms with Crippen molar-refractivity contribution < 1.29 is 19.8 Å². The Kier molecular flexibility index (Phi) is 5.93. The predicted octanol–water partition coefficient (Wildman–Crippen LogP) is -0.530. The van der Waals surface area contributed by atoms with Crippen LogP contribution < -0.4 is 10.6 Å². The van der Waals surface area contributed by atoms with Crippen LogP contribution in [0.3, 0.4) is 0 Å². The molecule has 17 heavy (non-hydrogen) atoms. The number of carbonyl (C=O) groups excluding carboxylic acids is 1. The fourth-order valence-corrected chi connectivity index (χ4v) is 1.93. The molecular formula is C11H20N2O4. The second-order valence-corrected chi connectivity index (χ2v) is 4.33. The molecule has 0 radical (unpaired) electrons. The zero-order chi connectivity index (χ0) is 12.7. The Bertz CT molecular complexity index is 264. The zero-order valence-electron chi connectivity index (χ0n) is 9.82. The lowest BCUT2D eigenvalue weighted by Gasteiger charge is -2.23. The average Bonchev–Trinajstić information content (AvgIpc) is 2.34. The highest BCUT2D eigenvalue weighted by Crippen LogP contribution is 2.11. The summed E-state index contributed by atoms with van der Waals surface area (Å²) in [5.74, 6) is -1.53. The Morgan fingerprint density at radius 1 is 1.41 bits per heavy atom. The normalized spacial score (nSPS) is 21.8. The second kappa shape index (κ2) is 7.24. The molecule has 6 heteroatoms. The van der Waals surface area contributed by atoms with Crippen molar-refractivity contribution in [3.8, 4) is 0 Å². The summed E-state index contributed by atoms with van der Waals surface area (Å²) in [6, 6.07) is -0.839. The number of rotatable bonds is 6. The Hall–Kier alpha value is -1.14. The van der Waals surface area contributed by atoms with Gasteiger partial charge in [0.05, 0.1) is 6.61 Å². The van der Waals surface area contributed by atoms with E-state index in [2.05, 4.69) is 10.6 Å². The van der Waals surface area contributed by atoms with E-state index in [-0.39, 0.29) is 5.91 Å². The van der Waals surface area contributed by atoms with Crippen LogP contribution in [0.25, 0.3) is 0 Å². The zero-order valence-corrected chi connectivity index (χ0v) is 9.82. The minimum Gasteiger partial charge on any atom is -0.480 e. The minimum atomic E-state index is -1.21. The molecule has 1 heterocycles. The van der Waals surface area contributed by atoms with Gasteiger partial charge in [-0.05, 0) is 25.8 Å². The highest BCUT2D eigenvalue weighted by atomic mass is 16.4. The lowest BCUT2D eigenvalue weighted by atomic mass is 10.0. The number of nitrogens with one attached hydrogen (secondary N) is 2. The van der Waals surface area contributed by atoms with Crippen LogP contribution in [-0.4, -0.2) is 47.3 Å². The Balaban J connectivity index is 2.21. The van der Waals surface area contributed by atoms with Gasteiger partial charge in [-0.15, -0.1) is 0 Å². The molecule has 0 aromatic heterocycles. The van der Waals surface area contributed by atoms with Crippen molar-refractivity contribution in [2.45, 2.75) is 44.2 Å². The Morgan fingerprint density at radius 3 is 2.71 bits per heavy atom. The van der Waals surface area contributed by atoms with E-state index in [0.29, 0.717) is 18.9 Å². The number of aliphatic hydroxyl groups is 1. The van der Waals surface area contributed by atoms with Gasteiger partial charge < -0.3 is 20.8 Å². The number of hydrogen-bond donors (Lipinski definition) is 4. The Labute approximate surface area is 100 Å². The van der Waals surface area contributed by atoms with Gasteiger partial charge >= 0.3 is 5.97 Å². The average molecular weight is 244 g/mol. The number of carboxylic acid groups (broad SMARTS) is 1. The molecule has 0 saturated carbocycles. The molecule has 1 fully saturated rings. The van der Waals surface area contributed by atoms with Gasteiger partial charge in [-0.2, -0.15) is 0 Å². The summed E-state index contributed by atoms with van der Waals surface area (Å²) >= 11 is 0. The molecule has 1 amide bonds. The van der Waals surface area contributed by atoms with E-state index >= 15 is 0 Å². The molecule has 0 aromatic rings. The third-order valence-electron chi connectivity index (χ3n) is 2.95. The fraction of sp³-hybridized carbons (Fsp3) is 0.818. The van der Waals surface area contributed by atoms with Crippen molar-refractivity contribution >= 4 is 11.9 Å². The minimum absolute atomic E-state index is 0.293. The number of aliphatic carboxylic acids is 1. The van der Waals surface area contributed by atoms with Crippen LogP contribution >= 0.6 is 0 Å². The van der Waals surface area contributed by atoms with E-state index in [0.717, 1.165) is 13.0 Å². The third kappa shape index (κ3) is 5.14. The summed E-state index contributed by atoms with van der Waals surface area (Å²) in [5, 5.41) is 23.0. The van der Waals surface area contributed by atoms with Crippen LogP contribution in [0.15, 0.2) is 0 Å². The fourth-order valence-electron chi connectivity index (χ4n) is 1.93. The smallest absolute Gasteiger partial charge is 0.328 e. The molecule has 1 aliphatic rings. The monoisotopic (exact) mass is 244 g/mol. The number of hydrogen-bond acceptors (Lipinski definition) is 4. The molecule has 4 N–H and O–H groups in total. The van der Waals surface area contributed by atoms with Crippen molar-refractivity contribution in [3.05, 3.63) is 0 Å². The second-order valence-electron chi connectivity index (χ2n) is 4.33. The Morgan fingerprint density at radius 2 is 2.18 bits per heavy atom. The third-order valence-corrected chi connectivity index (χ3v) is 2.95. The van der Waals surface area contributed by atoms with Gasteiger partial charge in [0.1, 0.15) is 6.04 Å². The van der Waals surface area contributed by atoms with Crippen LogP contribution in [-0.2, 0) is 9.59 Å². The molecule has 2 atom stereocenters. The SMILES string of the molecule is O=C(CCC1CCCCN1)NC(CO)C(=O)O. The van der Waals surface area contributed by atoms with Crippen LogP contribution in [0, 0.1) is 0 Å². The number of amides is 1. The van der Waals surface area contributed by atoms with Gasteiger partial charge in [-0.3, -0.25) is 4.79 Å². The van der Waals surface area contributed by atoms with Gasteiger partial charge in [-0.1, -0.05) is 6.42 Å². The lowest BCUT2D eigenvalue weighted by molar-refractivity contribution is -0.143.